The van der Waals surface area contributed by atoms with Crippen molar-refractivity contribution in [3.63, 3.8) is 0 Å². The zero-order valence-corrected chi connectivity index (χ0v) is 13.9. The third-order valence-corrected chi connectivity index (χ3v) is 4.31. The monoisotopic (exact) mass is 361 g/mol. The number of nitrogens with zero attached hydrogens (tertiary/aromatic N) is 1. The number of benzene rings is 2. The summed E-state index contributed by atoms with van der Waals surface area (Å²) in [4.78, 5) is 36.6. The van der Waals surface area contributed by atoms with Gasteiger partial charge in [0.2, 0.25) is 0 Å². The van der Waals surface area contributed by atoms with E-state index in [1.807, 2.05) is 0 Å². The van der Waals surface area contributed by atoms with E-state index in [1.165, 1.54) is 3.96 Å². The van der Waals surface area contributed by atoms with E-state index in [0.717, 1.165) is 17.1 Å². The van der Waals surface area contributed by atoms with Gasteiger partial charge in [-0.15, -0.1) is 0 Å². The fraction of sp³-hybridized carbons (Fsp3) is 0.0625. The molecule has 3 aromatic rings. The van der Waals surface area contributed by atoms with Gasteiger partial charge in [-0.3, -0.25) is 14.6 Å². The topological polar surface area (TPSA) is 84.0 Å². The number of amides is 1. The van der Waals surface area contributed by atoms with Crippen LogP contribution in [0.25, 0.3) is 0 Å². The number of aromatic nitrogens is 2. The first kappa shape index (κ1) is 16.2. The van der Waals surface area contributed by atoms with Crippen molar-refractivity contribution in [3.8, 4) is 0 Å². The van der Waals surface area contributed by atoms with Crippen LogP contribution in [-0.2, 0) is 6.54 Å². The highest BCUT2D eigenvalue weighted by molar-refractivity contribution is 7.03. The molecule has 0 bridgehead atoms. The van der Waals surface area contributed by atoms with Crippen LogP contribution in [0.2, 0.25) is 5.02 Å². The number of carbonyl (C=O) groups is 1. The summed E-state index contributed by atoms with van der Waals surface area (Å²) in [5.41, 5.74) is 1.52. The van der Waals surface area contributed by atoms with Gasteiger partial charge >= 0.3 is 10.6 Å². The van der Waals surface area contributed by atoms with Crippen LogP contribution in [0.4, 0.5) is 5.69 Å². The molecule has 0 fully saturated rings. The SMILES string of the molecule is O=C(Nc1ccc(Cl)cc1)c1ccc(Cn2sc(=O)[nH]c2=O)cc1. The van der Waals surface area contributed by atoms with Crippen molar-refractivity contribution in [2.45, 2.75) is 6.54 Å². The third kappa shape index (κ3) is 3.81. The lowest BCUT2D eigenvalue weighted by atomic mass is 10.1. The van der Waals surface area contributed by atoms with Gasteiger partial charge in [0.05, 0.1) is 6.54 Å². The molecule has 8 heteroatoms. The smallest absolute Gasteiger partial charge is 0.322 e. The molecule has 0 aliphatic carbocycles. The Balaban J connectivity index is 1.70. The number of carbonyl (C=O) groups excluding carboxylic acids is 1. The Morgan fingerprint density at radius 1 is 1.08 bits per heavy atom. The maximum atomic E-state index is 12.2. The van der Waals surface area contributed by atoms with Crippen molar-refractivity contribution in [2.75, 3.05) is 5.32 Å². The van der Waals surface area contributed by atoms with Gasteiger partial charge in [0.1, 0.15) is 0 Å². The summed E-state index contributed by atoms with van der Waals surface area (Å²) < 4.78 is 1.32. The Morgan fingerprint density at radius 3 is 2.33 bits per heavy atom. The van der Waals surface area contributed by atoms with Crippen LogP contribution in [0.1, 0.15) is 15.9 Å². The molecule has 1 heterocycles. The molecule has 0 spiro atoms. The largest absolute Gasteiger partial charge is 0.338 e. The molecule has 1 aromatic heterocycles. The zero-order chi connectivity index (χ0) is 17.1. The molecule has 0 radical (unpaired) electrons. The predicted octanol–water partition coefficient (Wildman–Crippen LogP) is 2.55. The lowest BCUT2D eigenvalue weighted by Crippen LogP contribution is -2.17. The van der Waals surface area contributed by atoms with Crippen molar-refractivity contribution >= 4 is 34.7 Å². The van der Waals surface area contributed by atoms with Gasteiger partial charge in [0.25, 0.3) is 5.91 Å². The fourth-order valence-electron chi connectivity index (χ4n) is 2.08. The molecule has 0 aliphatic heterocycles. The van der Waals surface area contributed by atoms with E-state index in [1.54, 1.807) is 48.5 Å². The first-order valence-corrected chi connectivity index (χ1v) is 8.13. The van der Waals surface area contributed by atoms with Crippen LogP contribution in [0.3, 0.4) is 0 Å². The highest BCUT2D eigenvalue weighted by Crippen LogP contribution is 2.15. The van der Waals surface area contributed by atoms with Gasteiger partial charge in [0.15, 0.2) is 0 Å². The number of H-pyrrole nitrogens is 1. The number of aromatic amines is 1. The number of hydrogen-bond donors (Lipinski definition) is 2. The predicted molar refractivity (Wildman–Crippen MR) is 94.1 cm³/mol. The molecule has 2 aromatic carbocycles. The minimum absolute atomic E-state index is 0.243. The van der Waals surface area contributed by atoms with Crippen LogP contribution >= 0.6 is 23.1 Å². The lowest BCUT2D eigenvalue weighted by Gasteiger charge is -2.06. The average Bonchev–Trinajstić information content (AvgIpc) is 2.88. The van der Waals surface area contributed by atoms with Crippen molar-refractivity contribution in [3.05, 3.63) is 84.8 Å². The minimum Gasteiger partial charge on any atom is -0.322 e. The Labute approximate surface area is 145 Å². The number of nitrogens with one attached hydrogen (secondary N) is 2. The van der Waals surface area contributed by atoms with Crippen molar-refractivity contribution < 1.29 is 4.79 Å². The highest BCUT2D eigenvalue weighted by Gasteiger charge is 2.07. The summed E-state index contributed by atoms with van der Waals surface area (Å²) in [5, 5.41) is 3.37. The summed E-state index contributed by atoms with van der Waals surface area (Å²) in [6, 6.07) is 13.6. The van der Waals surface area contributed by atoms with E-state index in [9.17, 15) is 14.4 Å². The van der Waals surface area contributed by atoms with Gasteiger partial charge in [-0.25, -0.2) is 8.75 Å². The molecule has 0 aliphatic rings. The van der Waals surface area contributed by atoms with Crippen molar-refractivity contribution in [1.29, 1.82) is 0 Å². The summed E-state index contributed by atoms with van der Waals surface area (Å²) in [6.45, 7) is 0.279. The first-order valence-electron chi connectivity index (χ1n) is 6.97. The first-order chi connectivity index (χ1) is 11.5. The van der Waals surface area contributed by atoms with E-state index in [4.69, 9.17) is 11.6 Å². The van der Waals surface area contributed by atoms with Crippen molar-refractivity contribution in [2.24, 2.45) is 0 Å². The molecule has 24 heavy (non-hydrogen) atoms. The number of hydrogen-bond acceptors (Lipinski definition) is 4. The third-order valence-electron chi connectivity index (χ3n) is 3.27. The highest BCUT2D eigenvalue weighted by atomic mass is 35.5. The van der Waals surface area contributed by atoms with Gasteiger partial charge in [-0.1, -0.05) is 23.7 Å². The second kappa shape index (κ2) is 6.86. The van der Waals surface area contributed by atoms with Gasteiger partial charge in [-0.05, 0) is 42.0 Å². The molecule has 0 saturated carbocycles. The minimum atomic E-state index is -0.436. The second-order valence-electron chi connectivity index (χ2n) is 5.00. The Bertz CT molecular complexity index is 971. The molecule has 1 amide bonds. The van der Waals surface area contributed by atoms with Gasteiger partial charge < -0.3 is 5.32 Å². The Morgan fingerprint density at radius 2 is 1.75 bits per heavy atom. The summed E-state index contributed by atoms with van der Waals surface area (Å²) in [5.74, 6) is -0.243. The van der Waals surface area contributed by atoms with E-state index in [2.05, 4.69) is 10.3 Å². The molecule has 3 rings (SSSR count). The fourth-order valence-corrected chi connectivity index (χ4v) is 2.88. The maximum absolute atomic E-state index is 12.2. The van der Waals surface area contributed by atoms with Crippen molar-refractivity contribution in [1.82, 2.24) is 8.94 Å². The molecule has 2 N–H and O–H groups in total. The standard InChI is InChI=1S/C16H12ClN3O3S/c17-12-5-7-13(8-6-12)18-14(21)11-3-1-10(2-4-11)9-20-15(22)19-16(23)24-20/h1-8H,9H2,(H,18,21)(H,19,22,23). The van der Waals surface area contributed by atoms with E-state index in [0.29, 0.717) is 16.3 Å². The molecule has 0 unspecified atom stereocenters. The zero-order valence-electron chi connectivity index (χ0n) is 12.3. The summed E-state index contributed by atoms with van der Waals surface area (Å²) in [6.07, 6.45) is 0. The normalized spacial score (nSPS) is 10.5. The number of rotatable bonds is 4. The van der Waals surface area contributed by atoms with Crippen LogP contribution in [0.15, 0.2) is 58.1 Å². The van der Waals surface area contributed by atoms with E-state index >= 15 is 0 Å². The van der Waals surface area contributed by atoms with Crippen LogP contribution in [0, 0.1) is 0 Å². The quantitative estimate of drug-likeness (QED) is 0.749. The summed E-state index contributed by atoms with van der Waals surface area (Å²) in [7, 11) is 0. The molecular formula is C16H12ClN3O3S. The van der Waals surface area contributed by atoms with E-state index < -0.39 is 5.69 Å². The average molecular weight is 362 g/mol. The maximum Gasteiger partial charge on any atom is 0.338 e. The molecule has 122 valence electrons. The molecule has 0 saturated heterocycles. The molecule has 0 atom stereocenters. The van der Waals surface area contributed by atoms with E-state index in [-0.39, 0.29) is 17.3 Å². The summed E-state index contributed by atoms with van der Waals surface area (Å²) >= 11 is 6.63. The number of halogens is 1. The van der Waals surface area contributed by atoms with Gasteiger partial charge in [-0.2, -0.15) is 0 Å². The number of anilines is 1. The lowest BCUT2D eigenvalue weighted by molar-refractivity contribution is 0.102. The second-order valence-corrected chi connectivity index (χ2v) is 6.43. The van der Waals surface area contributed by atoms with Crippen LogP contribution < -0.4 is 15.9 Å². The van der Waals surface area contributed by atoms with Crippen LogP contribution in [0.5, 0.6) is 0 Å². The molecule has 6 nitrogen and oxygen atoms in total. The Hall–Kier alpha value is -2.64. The molecular weight excluding hydrogens is 350 g/mol. The van der Waals surface area contributed by atoms with Gasteiger partial charge in [0, 0.05) is 27.8 Å². The van der Waals surface area contributed by atoms with Crippen LogP contribution in [-0.4, -0.2) is 14.8 Å². The Kier molecular flexibility index (Phi) is 4.64.